The first-order chi connectivity index (χ1) is 29.2. The Morgan fingerprint density at radius 3 is 1.95 bits per heavy atom. The van der Waals surface area contributed by atoms with Gasteiger partial charge in [0.15, 0.2) is 5.78 Å². The fourth-order valence-corrected chi connectivity index (χ4v) is 14.2. The third-order valence-corrected chi connectivity index (χ3v) is 17.8. The molecule has 7 aliphatic rings. The fourth-order valence-electron chi connectivity index (χ4n) is 10.9. The van der Waals surface area contributed by atoms with Crippen LogP contribution in [0.15, 0.2) is 133 Å². The van der Waals surface area contributed by atoms with Crippen molar-refractivity contribution in [2.24, 2.45) is 5.92 Å². The van der Waals surface area contributed by atoms with E-state index in [9.17, 15) is 9.59 Å². The van der Waals surface area contributed by atoms with Crippen LogP contribution in [0, 0.1) is 41.1 Å². The summed E-state index contributed by atoms with van der Waals surface area (Å²) in [5.41, 5.74) is 15.9. The van der Waals surface area contributed by atoms with Crippen LogP contribution in [0.3, 0.4) is 0 Å². The van der Waals surface area contributed by atoms with Crippen LogP contribution in [0.25, 0.3) is 11.1 Å². The number of hydrogen-bond donors (Lipinski definition) is 0. The first-order valence-corrected chi connectivity index (χ1v) is 29.1. The second-order valence-electron chi connectivity index (χ2n) is 19.7. The third kappa shape index (κ3) is 6.12. The van der Waals surface area contributed by atoms with Crippen molar-refractivity contribution in [3.8, 4) is 46.3 Å². The van der Waals surface area contributed by atoms with E-state index in [-0.39, 0.29) is 33.5 Å². The molecule has 7 aliphatic carbocycles. The summed E-state index contributed by atoms with van der Waals surface area (Å²) in [6.07, 6.45) is 12.0. The van der Waals surface area contributed by atoms with E-state index < -0.39 is 16.1 Å². The third-order valence-electron chi connectivity index (χ3n) is 13.8. The van der Waals surface area contributed by atoms with Gasteiger partial charge in [-0.3, -0.25) is 9.59 Å². The Kier molecular flexibility index (Phi) is 9.08. The smallest absolute Gasteiger partial charge is 0.236 e. The van der Waals surface area contributed by atoms with Crippen molar-refractivity contribution in [3.05, 3.63) is 184 Å². The van der Waals surface area contributed by atoms with Crippen molar-refractivity contribution in [2.45, 2.75) is 79.9 Å². The van der Waals surface area contributed by atoms with Gasteiger partial charge in [-0.2, -0.15) is 0 Å². The van der Waals surface area contributed by atoms with Crippen molar-refractivity contribution in [1.82, 2.24) is 0 Å². The van der Waals surface area contributed by atoms with Crippen molar-refractivity contribution in [1.29, 1.82) is 0 Å². The highest BCUT2D eigenvalue weighted by atomic mass is 31.0. The van der Waals surface area contributed by atoms with Gasteiger partial charge in [0.05, 0.1) is 8.07 Å². The summed E-state index contributed by atoms with van der Waals surface area (Å²) < 4.78 is 0. The van der Waals surface area contributed by atoms with E-state index in [1.165, 1.54) is 39.4 Å². The van der Waals surface area contributed by atoms with Crippen LogP contribution in [-0.2, 0) is 10.8 Å². The molecule has 0 saturated heterocycles. The Hall–Kier alpha value is -5.54. The Morgan fingerprint density at radius 2 is 1.31 bits per heavy atom. The molecule has 0 amide bonds. The zero-order chi connectivity index (χ0) is 42.5. The fraction of sp³-hybridized carbons (Fsp3) is 0.250. The molecule has 1 spiro atoms. The number of benzene rings is 5. The molecule has 12 rings (SSSR count). The van der Waals surface area contributed by atoms with Gasteiger partial charge in [0.1, 0.15) is 8.07 Å². The second kappa shape index (κ2) is 14.0. The molecule has 2 bridgehead atoms. The maximum Gasteiger partial charge on any atom is 0.236 e. The number of carbonyl (C=O) groups is 2. The Morgan fingerprint density at radius 1 is 0.705 bits per heavy atom. The molecule has 3 unspecified atom stereocenters. The number of carbonyl (C=O) groups excluding carboxylic acids is 2. The van der Waals surface area contributed by atoms with E-state index >= 15 is 0 Å². The van der Waals surface area contributed by atoms with E-state index in [4.69, 9.17) is 0 Å². The predicted molar refractivity (Wildman–Crippen MR) is 259 cm³/mol. The van der Waals surface area contributed by atoms with Crippen LogP contribution in [0.4, 0.5) is 0 Å². The minimum atomic E-state index is -1.73. The topological polar surface area (TPSA) is 34.1 Å². The summed E-state index contributed by atoms with van der Waals surface area (Å²) in [4.78, 5) is 26.3. The zero-order valence-corrected chi connectivity index (χ0v) is 38.9. The summed E-state index contributed by atoms with van der Waals surface area (Å²) in [5.74, 6) is 16.5. The number of rotatable bonds is 4. The summed E-state index contributed by atoms with van der Waals surface area (Å²) in [5, 5.41) is 1.68. The Balaban J connectivity index is 0.000000147. The number of allylic oxidation sites excluding steroid dienone is 4. The lowest BCUT2D eigenvalue weighted by molar-refractivity contribution is 0.104. The monoisotopic (exact) mass is 840 g/mol. The van der Waals surface area contributed by atoms with Crippen molar-refractivity contribution < 1.29 is 9.59 Å². The quantitative estimate of drug-likeness (QED) is 0.0583. The van der Waals surface area contributed by atoms with Gasteiger partial charge in [0.25, 0.3) is 0 Å². The minimum absolute atomic E-state index is 0.0196. The highest BCUT2D eigenvalue weighted by Crippen LogP contribution is 2.77. The van der Waals surface area contributed by atoms with E-state index in [0.717, 1.165) is 17.5 Å². The molecule has 2 saturated carbocycles. The van der Waals surface area contributed by atoms with E-state index in [1.807, 2.05) is 42.5 Å². The first-order valence-electron chi connectivity index (χ1n) is 21.6. The van der Waals surface area contributed by atoms with Gasteiger partial charge in [-0.15, -0.1) is 14.8 Å². The minimum Gasteiger partial charge on any atom is -0.289 e. The standard InChI is InChI=1S/C31H26OSi.C25H23OPSi/c1-33(2,3)23-22-30(32)29-21-13-11-15-25(29)14-10-12-20-28-24-31(28,26-16-6-4-7-17-26)27-18-8-5-9-19-27;1-28(2,3)23-19-16-12-25(16,27)24-10-8-13(9-11-24)17(21(19)24)18-14-6-4-5-7-15(14)22(26)20(18)23/h4-9,11,13,15-19,21,28H,24H2,1-3H3;4-11,13,16H,12,27H2,1-3H3/t;13?,16?,24?,25-/m.0/s1. The molecule has 0 heterocycles. The van der Waals surface area contributed by atoms with Crippen molar-refractivity contribution in [3.63, 3.8) is 0 Å². The van der Waals surface area contributed by atoms with Gasteiger partial charge in [0, 0.05) is 50.1 Å². The lowest BCUT2D eigenvalue weighted by Gasteiger charge is -2.43. The summed E-state index contributed by atoms with van der Waals surface area (Å²) in [6, 6.07) is 36.8. The molecule has 0 aliphatic heterocycles. The van der Waals surface area contributed by atoms with Crippen LogP contribution >= 0.6 is 9.24 Å². The molecule has 2 nitrogen and oxygen atoms in total. The average Bonchev–Trinajstić information content (AvgIpc) is 4.14. The number of hydrogen-bond acceptors (Lipinski definition) is 2. The molecule has 5 aromatic rings. The normalized spacial score (nSPS) is 24.2. The maximum atomic E-state index is 13.7. The second-order valence-corrected chi connectivity index (χ2v) is 30.5. The molecule has 61 heavy (non-hydrogen) atoms. The summed E-state index contributed by atoms with van der Waals surface area (Å²) in [7, 11) is -0.0983. The molecular formula is C56H49O2PSi2. The van der Waals surface area contributed by atoms with E-state index in [0.29, 0.717) is 23.0 Å². The Bertz CT molecular complexity index is 2930. The summed E-state index contributed by atoms with van der Waals surface area (Å²) >= 11 is 0. The average molecular weight is 841 g/mol. The molecule has 0 N–H and O–H groups in total. The van der Waals surface area contributed by atoms with Gasteiger partial charge in [-0.05, 0) is 92.8 Å². The first kappa shape index (κ1) is 39.6. The molecule has 2 fully saturated rings. The Labute approximate surface area is 365 Å². The van der Waals surface area contributed by atoms with Gasteiger partial charge in [0.2, 0.25) is 5.78 Å². The van der Waals surface area contributed by atoms with Crippen LogP contribution in [0.1, 0.15) is 84.3 Å². The zero-order valence-electron chi connectivity index (χ0n) is 35.7. The van der Waals surface area contributed by atoms with Gasteiger partial charge in [-0.25, -0.2) is 0 Å². The lowest BCUT2D eigenvalue weighted by Crippen LogP contribution is -2.46. The van der Waals surface area contributed by atoms with E-state index in [2.05, 4.69) is 169 Å². The maximum absolute atomic E-state index is 13.7. The van der Waals surface area contributed by atoms with Gasteiger partial charge >= 0.3 is 0 Å². The van der Waals surface area contributed by atoms with Crippen LogP contribution in [-0.4, -0.2) is 32.9 Å². The molecule has 4 atom stereocenters. The van der Waals surface area contributed by atoms with Gasteiger partial charge < -0.3 is 0 Å². The lowest BCUT2D eigenvalue weighted by atomic mass is 9.63. The van der Waals surface area contributed by atoms with Crippen molar-refractivity contribution >= 4 is 42.1 Å². The van der Waals surface area contributed by atoms with Gasteiger partial charge in [-0.1, -0.05) is 172 Å². The van der Waals surface area contributed by atoms with Crippen LogP contribution in [0.5, 0.6) is 0 Å². The molecule has 5 heteroatoms. The SMILES string of the molecule is C[Si](C)(C)C#CC(=O)c1ccccc1C#CC#CC1CC1(c1ccccc1)c1ccccc1.C[Si](C)(C)c1c2c(c3c4c1C1C[C@@]1(P)C41C=CC3C=C1)-c1ccccc1C2=O. The number of ketones is 2. The summed E-state index contributed by atoms with van der Waals surface area (Å²) in [6.45, 7) is 13.6. The molecule has 298 valence electrons. The molecule has 5 aromatic carbocycles. The predicted octanol–water partition coefficient (Wildman–Crippen LogP) is 11.1. The highest BCUT2D eigenvalue weighted by Gasteiger charge is 2.72. The van der Waals surface area contributed by atoms with Crippen LogP contribution < -0.4 is 5.19 Å². The van der Waals surface area contributed by atoms with Crippen molar-refractivity contribution in [2.75, 3.05) is 0 Å². The van der Waals surface area contributed by atoms with Crippen LogP contribution in [0.2, 0.25) is 39.3 Å². The molecule has 0 aromatic heterocycles. The molecule has 0 radical (unpaired) electrons. The molecular weight excluding hydrogens is 792 g/mol. The highest BCUT2D eigenvalue weighted by molar-refractivity contribution is 7.20. The number of Topliss-reactive ketones (excluding diaryl/α,β-unsaturated/α-hetero) is 1. The number of fused-ring (bicyclic) bond motifs is 5. The largest absolute Gasteiger partial charge is 0.289 e. The van der Waals surface area contributed by atoms with E-state index in [1.54, 1.807) is 17.2 Å².